The summed E-state index contributed by atoms with van der Waals surface area (Å²) in [5, 5.41) is 9.88. The summed E-state index contributed by atoms with van der Waals surface area (Å²) in [6.45, 7) is 4.47. The number of hydrogen-bond acceptors (Lipinski definition) is 7. The van der Waals surface area contributed by atoms with Crippen molar-refractivity contribution in [3.63, 3.8) is 0 Å². The zero-order valence-corrected chi connectivity index (χ0v) is 21.5. The third-order valence-electron chi connectivity index (χ3n) is 7.35. The maximum absolute atomic E-state index is 13.6. The number of carbonyl (C=O) groups excluding carboxylic acids is 2. The summed E-state index contributed by atoms with van der Waals surface area (Å²) in [7, 11) is 1.73. The summed E-state index contributed by atoms with van der Waals surface area (Å²) in [4.78, 5) is 34.7. The number of fused-ring (bicyclic) bond motifs is 2. The molecule has 2 aromatic rings. The second-order valence-corrected chi connectivity index (χ2v) is 10.1. The van der Waals surface area contributed by atoms with Crippen LogP contribution >= 0.6 is 0 Å². The lowest BCUT2D eigenvalue weighted by Gasteiger charge is -2.37. The summed E-state index contributed by atoms with van der Waals surface area (Å²) >= 11 is 0. The second-order valence-electron chi connectivity index (χ2n) is 10.1. The molecule has 0 unspecified atom stereocenters. The fourth-order valence-electron chi connectivity index (χ4n) is 5.03. The quantitative estimate of drug-likeness (QED) is 0.640. The number of aliphatic hydroxyl groups is 1. The Bertz CT molecular complexity index is 1230. The van der Waals surface area contributed by atoms with Crippen LogP contribution in [-0.4, -0.2) is 77.4 Å². The molecule has 3 atom stereocenters. The molecule has 9 nitrogen and oxygen atoms in total. The van der Waals surface area contributed by atoms with Crippen LogP contribution in [0.25, 0.3) is 5.57 Å². The van der Waals surface area contributed by atoms with Gasteiger partial charge in [0.05, 0.1) is 19.2 Å². The zero-order valence-electron chi connectivity index (χ0n) is 21.5. The van der Waals surface area contributed by atoms with Crippen molar-refractivity contribution < 1.29 is 28.9 Å². The number of rotatable bonds is 6. The number of ether oxygens (including phenoxy) is 3. The minimum Gasteiger partial charge on any atom is -0.472 e. The molecular weight excluding hydrogens is 474 g/mol. The summed E-state index contributed by atoms with van der Waals surface area (Å²) in [6, 6.07) is 6.62. The van der Waals surface area contributed by atoms with Crippen molar-refractivity contribution in [2.45, 2.75) is 45.3 Å². The van der Waals surface area contributed by atoms with E-state index in [9.17, 15) is 14.7 Å². The molecule has 5 rings (SSSR count). The second kappa shape index (κ2) is 10.4. The van der Waals surface area contributed by atoms with Gasteiger partial charge >= 0.3 is 0 Å². The summed E-state index contributed by atoms with van der Waals surface area (Å²) in [5.41, 5.74) is 2.98. The van der Waals surface area contributed by atoms with E-state index in [1.807, 2.05) is 19.9 Å². The lowest BCUT2D eigenvalue weighted by atomic mass is 9.99. The Morgan fingerprint density at radius 2 is 2.08 bits per heavy atom. The Morgan fingerprint density at radius 3 is 2.84 bits per heavy atom. The predicted molar refractivity (Wildman–Crippen MR) is 137 cm³/mol. The minimum absolute atomic E-state index is 0.128. The fraction of sp³-hybridized carbons (Fsp3) is 0.464. The number of aromatic nitrogens is 1. The van der Waals surface area contributed by atoms with E-state index in [0.717, 1.165) is 24.8 Å². The van der Waals surface area contributed by atoms with E-state index in [0.29, 0.717) is 29.2 Å². The number of pyridine rings is 1. The highest BCUT2D eigenvalue weighted by atomic mass is 16.7. The molecule has 1 aromatic heterocycles. The number of nitrogens with zero attached hydrogens (tertiary/aromatic N) is 3. The largest absolute Gasteiger partial charge is 0.472 e. The lowest BCUT2D eigenvalue weighted by Crippen LogP contribution is -2.50. The van der Waals surface area contributed by atoms with Crippen molar-refractivity contribution >= 4 is 17.4 Å². The van der Waals surface area contributed by atoms with Crippen LogP contribution in [-0.2, 0) is 0 Å². The van der Waals surface area contributed by atoms with Gasteiger partial charge in [-0.1, -0.05) is 13.0 Å². The first-order valence-electron chi connectivity index (χ1n) is 12.8. The van der Waals surface area contributed by atoms with Crippen molar-refractivity contribution in [1.29, 1.82) is 0 Å². The van der Waals surface area contributed by atoms with Crippen molar-refractivity contribution in [2.24, 2.45) is 5.92 Å². The maximum Gasteiger partial charge on any atom is 0.259 e. The molecule has 0 saturated carbocycles. The van der Waals surface area contributed by atoms with Gasteiger partial charge in [0.1, 0.15) is 11.7 Å². The summed E-state index contributed by atoms with van der Waals surface area (Å²) < 4.78 is 17.1. The predicted octanol–water partition coefficient (Wildman–Crippen LogP) is 3.37. The van der Waals surface area contributed by atoms with Gasteiger partial charge in [0, 0.05) is 31.3 Å². The molecule has 9 heteroatoms. The monoisotopic (exact) mass is 507 g/mol. The van der Waals surface area contributed by atoms with Crippen LogP contribution in [0.15, 0.2) is 36.5 Å². The smallest absolute Gasteiger partial charge is 0.259 e. The normalized spacial score (nSPS) is 21.5. The maximum atomic E-state index is 13.6. The highest BCUT2D eigenvalue weighted by molar-refractivity contribution is 5.98. The molecule has 0 radical (unpaired) electrons. The average Bonchev–Trinajstić information content (AvgIpc) is 3.61. The number of carbonyl (C=O) groups is 2. The zero-order chi connectivity index (χ0) is 26.1. The first-order valence-corrected chi connectivity index (χ1v) is 12.8. The van der Waals surface area contributed by atoms with Gasteiger partial charge < -0.3 is 29.1 Å². The van der Waals surface area contributed by atoms with Gasteiger partial charge in [-0.15, -0.1) is 0 Å². The number of aliphatic hydroxyl groups excluding tert-OH is 1. The molecule has 0 bridgehead atoms. The van der Waals surface area contributed by atoms with Crippen LogP contribution in [0.4, 0.5) is 0 Å². The third kappa shape index (κ3) is 5.00. The van der Waals surface area contributed by atoms with Gasteiger partial charge in [-0.2, -0.15) is 0 Å². The van der Waals surface area contributed by atoms with Crippen molar-refractivity contribution in [3.8, 4) is 17.4 Å². The Kier molecular flexibility index (Phi) is 7.06. The van der Waals surface area contributed by atoms with Crippen LogP contribution in [0.2, 0.25) is 0 Å². The van der Waals surface area contributed by atoms with Crippen molar-refractivity contribution in [3.05, 3.63) is 53.2 Å². The highest BCUT2D eigenvalue weighted by Gasteiger charge is 2.35. The number of allylic oxidation sites excluding steroid dienone is 2. The summed E-state index contributed by atoms with van der Waals surface area (Å²) in [6.07, 6.45) is 6.59. The molecule has 2 aliphatic heterocycles. The minimum atomic E-state index is -0.424. The van der Waals surface area contributed by atoms with Crippen molar-refractivity contribution in [1.82, 2.24) is 14.8 Å². The van der Waals surface area contributed by atoms with Crippen LogP contribution in [0.1, 0.15) is 59.4 Å². The molecule has 1 N–H and O–H groups in total. The van der Waals surface area contributed by atoms with Crippen LogP contribution < -0.4 is 14.2 Å². The molecule has 0 saturated heterocycles. The average molecular weight is 508 g/mol. The molecule has 0 spiro atoms. The van der Waals surface area contributed by atoms with Gasteiger partial charge in [-0.3, -0.25) is 9.59 Å². The molecule has 37 heavy (non-hydrogen) atoms. The topological polar surface area (TPSA) is 101 Å². The molecular formula is C28H33N3O6. The lowest BCUT2D eigenvalue weighted by molar-refractivity contribution is 0.0313. The van der Waals surface area contributed by atoms with Crippen LogP contribution in [0.3, 0.4) is 0 Å². The first kappa shape index (κ1) is 25.1. The number of benzene rings is 1. The van der Waals surface area contributed by atoms with Gasteiger partial charge in [-0.05, 0) is 61.6 Å². The van der Waals surface area contributed by atoms with E-state index < -0.39 is 6.10 Å². The molecule has 1 aromatic carbocycles. The molecule has 2 amide bonds. The van der Waals surface area contributed by atoms with Crippen molar-refractivity contribution in [2.75, 3.05) is 33.5 Å². The van der Waals surface area contributed by atoms with E-state index in [1.165, 1.54) is 5.57 Å². The number of hydrogen-bond donors (Lipinski definition) is 1. The molecule has 3 heterocycles. The van der Waals surface area contributed by atoms with Crippen LogP contribution in [0.5, 0.6) is 17.4 Å². The molecule has 0 fully saturated rings. The Labute approximate surface area is 216 Å². The third-order valence-corrected chi connectivity index (χ3v) is 7.35. The fourth-order valence-corrected chi connectivity index (χ4v) is 5.03. The van der Waals surface area contributed by atoms with Gasteiger partial charge in [0.2, 0.25) is 12.7 Å². The standard InChI is InChI=1S/C28H33N3O6/c1-17-13-31(18(2)15-32)28(34)22-10-21(19-6-4-5-7-19)12-29-26(22)37-25(17)14-30(3)27(33)20-8-9-23-24(11-20)36-16-35-23/h6,8-12,17-18,25,32H,4-5,7,13-16H2,1-3H3/t17-,18+,25-/m0/s1. The van der Waals surface area contributed by atoms with E-state index in [1.54, 1.807) is 41.2 Å². The highest BCUT2D eigenvalue weighted by Crippen LogP contribution is 2.34. The van der Waals surface area contributed by atoms with E-state index >= 15 is 0 Å². The van der Waals surface area contributed by atoms with Crippen LogP contribution in [0, 0.1) is 5.92 Å². The number of likely N-dealkylation sites (N-methyl/N-ethyl adjacent to an activating group) is 1. The van der Waals surface area contributed by atoms with Gasteiger partial charge in [-0.25, -0.2) is 4.98 Å². The summed E-state index contributed by atoms with van der Waals surface area (Å²) in [5.74, 6) is 0.909. The molecule has 196 valence electrons. The van der Waals surface area contributed by atoms with Gasteiger partial charge in [0.15, 0.2) is 11.5 Å². The number of amides is 2. The first-order chi connectivity index (χ1) is 17.9. The Hall–Kier alpha value is -3.59. The molecule has 3 aliphatic rings. The Morgan fingerprint density at radius 1 is 1.27 bits per heavy atom. The SMILES string of the molecule is C[C@H](CO)N1C[C@H](C)[C@H](CN(C)C(=O)c2ccc3c(c2)OCO3)Oc2ncc(C3=CCCC3)cc2C1=O. The van der Waals surface area contributed by atoms with E-state index in [-0.39, 0.29) is 49.6 Å². The van der Waals surface area contributed by atoms with Gasteiger partial charge in [0.25, 0.3) is 11.8 Å². The molecule has 1 aliphatic carbocycles. The van der Waals surface area contributed by atoms with E-state index in [2.05, 4.69) is 11.1 Å². The Balaban J connectivity index is 1.42. The van der Waals surface area contributed by atoms with E-state index in [4.69, 9.17) is 14.2 Å².